The maximum atomic E-state index is 12.0. The molecule has 0 saturated heterocycles. The van der Waals surface area contributed by atoms with E-state index in [0.717, 1.165) is 18.6 Å². The summed E-state index contributed by atoms with van der Waals surface area (Å²) in [6.45, 7) is 2.76. The van der Waals surface area contributed by atoms with Gasteiger partial charge in [0.1, 0.15) is 11.5 Å². The molecule has 5 heteroatoms. The number of carbonyl (C=O) groups is 1. The third-order valence-corrected chi connectivity index (χ3v) is 3.08. The molecule has 0 bridgehead atoms. The van der Waals surface area contributed by atoms with E-state index in [1.807, 2.05) is 0 Å². The van der Waals surface area contributed by atoms with E-state index in [4.69, 9.17) is 9.47 Å². The summed E-state index contributed by atoms with van der Waals surface area (Å²) in [7, 11) is 0. The van der Waals surface area contributed by atoms with E-state index >= 15 is 0 Å². The molecule has 5 nitrogen and oxygen atoms in total. The zero-order valence-corrected chi connectivity index (χ0v) is 12.8. The minimum atomic E-state index is -0.461. The van der Waals surface area contributed by atoms with Gasteiger partial charge in [-0.25, -0.2) is 9.59 Å². The van der Waals surface area contributed by atoms with Gasteiger partial charge in [0.05, 0.1) is 17.9 Å². The number of carbonyl (C=O) groups excluding carboxylic acids is 2. The number of unbranched alkanes of at least 4 members (excludes halogenated alkanes) is 1. The first kappa shape index (κ1) is 16.5. The van der Waals surface area contributed by atoms with Crippen LogP contribution in [0.4, 0.5) is 5.69 Å². The summed E-state index contributed by atoms with van der Waals surface area (Å²) >= 11 is 0. The summed E-state index contributed by atoms with van der Waals surface area (Å²) in [6.07, 6.45) is 3.51. The Morgan fingerprint density at radius 2 is 1.70 bits per heavy atom. The largest absolute Gasteiger partial charge is 0.494 e. The normalized spacial score (nSPS) is 9.78. The lowest BCUT2D eigenvalue weighted by Gasteiger charge is -2.07. The number of hydrogen-bond donors (Lipinski definition) is 0. The topological polar surface area (TPSA) is 65.0 Å². The third kappa shape index (κ3) is 5.09. The lowest BCUT2D eigenvalue weighted by Crippen LogP contribution is -2.08. The summed E-state index contributed by atoms with van der Waals surface area (Å²) in [5.74, 6) is 0.644. The van der Waals surface area contributed by atoms with Gasteiger partial charge in [0.2, 0.25) is 6.08 Å². The van der Waals surface area contributed by atoms with Crippen LogP contribution in [0, 0.1) is 0 Å². The first-order chi connectivity index (χ1) is 11.2. The van der Waals surface area contributed by atoms with Gasteiger partial charge in [-0.2, -0.15) is 4.99 Å². The Bertz CT molecular complexity index is 686. The Labute approximate surface area is 134 Å². The second kappa shape index (κ2) is 8.51. The molecule has 2 aromatic carbocycles. The van der Waals surface area contributed by atoms with E-state index in [0.29, 0.717) is 23.6 Å². The molecule has 0 aliphatic rings. The molecule has 23 heavy (non-hydrogen) atoms. The SMILES string of the molecule is CCCCOc1ccc(C(=O)Oc2ccc(N=C=O)cc2)cc1. The standard InChI is InChI=1S/C18H17NO4/c1-2-3-12-22-16-8-4-14(5-9-16)18(21)23-17-10-6-15(7-11-17)19-13-20/h4-11H,2-3,12H2,1H3. The summed E-state index contributed by atoms with van der Waals surface area (Å²) in [5, 5.41) is 0. The quantitative estimate of drug-likeness (QED) is 0.254. The number of isocyanates is 1. The molecule has 0 N–H and O–H groups in total. The van der Waals surface area contributed by atoms with Crippen molar-refractivity contribution in [2.45, 2.75) is 19.8 Å². The van der Waals surface area contributed by atoms with Crippen LogP contribution in [-0.4, -0.2) is 18.7 Å². The highest BCUT2D eigenvalue weighted by Gasteiger charge is 2.08. The Morgan fingerprint density at radius 1 is 1.04 bits per heavy atom. The molecule has 0 fully saturated rings. The number of benzene rings is 2. The Kier molecular flexibility index (Phi) is 6.09. The van der Waals surface area contributed by atoms with Gasteiger partial charge in [0.25, 0.3) is 0 Å². The molecule has 0 heterocycles. The molecular formula is C18H17NO4. The van der Waals surface area contributed by atoms with Crippen molar-refractivity contribution in [3.05, 3.63) is 54.1 Å². The van der Waals surface area contributed by atoms with Crippen molar-refractivity contribution in [1.29, 1.82) is 0 Å². The van der Waals surface area contributed by atoms with Crippen LogP contribution in [-0.2, 0) is 4.79 Å². The van der Waals surface area contributed by atoms with Crippen molar-refractivity contribution in [1.82, 2.24) is 0 Å². The highest BCUT2D eigenvalue weighted by atomic mass is 16.5. The number of nitrogens with zero attached hydrogens (tertiary/aromatic N) is 1. The molecule has 0 amide bonds. The van der Waals surface area contributed by atoms with E-state index < -0.39 is 5.97 Å². The zero-order valence-electron chi connectivity index (χ0n) is 12.8. The van der Waals surface area contributed by atoms with Crippen LogP contribution in [0.5, 0.6) is 11.5 Å². The second-order valence-corrected chi connectivity index (χ2v) is 4.81. The molecule has 0 radical (unpaired) electrons. The predicted octanol–water partition coefficient (Wildman–Crippen LogP) is 4.05. The molecule has 0 aromatic heterocycles. The molecule has 2 aromatic rings. The second-order valence-electron chi connectivity index (χ2n) is 4.81. The van der Waals surface area contributed by atoms with Crippen LogP contribution in [0.15, 0.2) is 53.5 Å². The van der Waals surface area contributed by atoms with E-state index in [9.17, 15) is 9.59 Å². The smallest absolute Gasteiger partial charge is 0.343 e. The summed E-state index contributed by atoms with van der Waals surface area (Å²) < 4.78 is 10.8. The minimum absolute atomic E-state index is 0.378. The average Bonchev–Trinajstić information content (AvgIpc) is 2.58. The fourth-order valence-electron chi connectivity index (χ4n) is 1.83. The van der Waals surface area contributed by atoms with E-state index in [2.05, 4.69) is 11.9 Å². The maximum absolute atomic E-state index is 12.0. The number of rotatable bonds is 7. The van der Waals surface area contributed by atoms with Crippen LogP contribution in [0.3, 0.4) is 0 Å². The lowest BCUT2D eigenvalue weighted by molar-refractivity contribution is 0.0734. The monoisotopic (exact) mass is 311 g/mol. The summed E-state index contributed by atoms with van der Waals surface area (Å²) in [5.41, 5.74) is 0.885. The fraction of sp³-hybridized carbons (Fsp3) is 0.222. The van der Waals surface area contributed by atoms with Crippen LogP contribution in [0.25, 0.3) is 0 Å². The Balaban J connectivity index is 1.95. The number of aliphatic imine (C=N–C) groups is 1. The summed E-state index contributed by atoms with van der Waals surface area (Å²) in [4.78, 5) is 25.7. The molecule has 0 spiro atoms. The fourth-order valence-corrected chi connectivity index (χ4v) is 1.83. The zero-order chi connectivity index (χ0) is 16.5. The molecule has 0 atom stereocenters. The van der Waals surface area contributed by atoms with Crippen LogP contribution in [0.2, 0.25) is 0 Å². The van der Waals surface area contributed by atoms with Gasteiger partial charge < -0.3 is 9.47 Å². The Morgan fingerprint density at radius 3 is 2.30 bits per heavy atom. The van der Waals surface area contributed by atoms with Crippen molar-refractivity contribution < 1.29 is 19.1 Å². The first-order valence-corrected chi connectivity index (χ1v) is 7.36. The van der Waals surface area contributed by atoms with Gasteiger partial charge >= 0.3 is 5.97 Å². The van der Waals surface area contributed by atoms with Gasteiger partial charge in [0, 0.05) is 0 Å². The van der Waals surface area contributed by atoms with Crippen LogP contribution in [0.1, 0.15) is 30.1 Å². The maximum Gasteiger partial charge on any atom is 0.343 e. The molecule has 118 valence electrons. The lowest BCUT2D eigenvalue weighted by atomic mass is 10.2. The van der Waals surface area contributed by atoms with Crippen LogP contribution >= 0.6 is 0 Å². The average molecular weight is 311 g/mol. The van der Waals surface area contributed by atoms with Gasteiger partial charge in [-0.15, -0.1) is 0 Å². The van der Waals surface area contributed by atoms with Gasteiger partial charge in [0.15, 0.2) is 0 Å². The minimum Gasteiger partial charge on any atom is -0.494 e. The molecule has 2 rings (SSSR count). The molecular weight excluding hydrogens is 294 g/mol. The van der Waals surface area contributed by atoms with Gasteiger partial charge in [-0.1, -0.05) is 13.3 Å². The molecule has 0 saturated carbocycles. The predicted molar refractivity (Wildman–Crippen MR) is 86.0 cm³/mol. The van der Waals surface area contributed by atoms with Crippen molar-refractivity contribution in [3.63, 3.8) is 0 Å². The Hall–Kier alpha value is -2.91. The molecule has 0 aliphatic heterocycles. The van der Waals surface area contributed by atoms with E-state index in [1.54, 1.807) is 48.5 Å². The van der Waals surface area contributed by atoms with Crippen molar-refractivity contribution in [3.8, 4) is 11.5 Å². The first-order valence-electron chi connectivity index (χ1n) is 7.36. The number of esters is 1. The number of ether oxygens (including phenoxy) is 2. The molecule has 0 aliphatic carbocycles. The van der Waals surface area contributed by atoms with E-state index in [-0.39, 0.29) is 0 Å². The molecule has 0 unspecified atom stereocenters. The van der Waals surface area contributed by atoms with E-state index in [1.165, 1.54) is 6.08 Å². The van der Waals surface area contributed by atoms with Crippen molar-refractivity contribution in [2.24, 2.45) is 4.99 Å². The highest BCUT2D eigenvalue weighted by molar-refractivity contribution is 5.91. The number of hydrogen-bond acceptors (Lipinski definition) is 5. The summed E-state index contributed by atoms with van der Waals surface area (Å²) in [6, 6.07) is 13.1. The third-order valence-electron chi connectivity index (χ3n) is 3.08. The van der Waals surface area contributed by atoms with Crippen LogP contribution < -0.4 is 9.47 Å². The van der Waals surface area contributed by atoms with Gasteiger partial charge in [-0.05, 0) is 55.0 Å². The van der Waals surface area contributed by atoms with Crippen molar-refractivity contribution in [2.75, 3.05) is 6.61 Å². The van der Waals surface area contributed by atoms with Gasteiger partial charge in [-0.3, -0.25) is 0 Å². The van der Waals surface area contributed by atoms with Crippen molar-refractivity contribution >= 4 is 17.7 Å². The highest BCUT2D eigenvalue weighted by Crippen LogP contribution is 2.19.